The summed E-state index contributed by atoms with van der Waals surface area (Å²) in [5.41, 5.74) is 1.46. The zero-order valence-corrected chi connectivity index (χ0v) is 12.3. The number of carbonyl (C=O) groups is 2. The first kappa shape index (κ1) is 16.2. The highest BCUT2D eigenvalue weighted by atomic mass is 16.2. The molecule has 0 radical (unpaired) electrons. The van der Waals surface area contributed by atoms with E-state index >= 15 is 0 Å². The number of hydrogen-bond acceptors (Lipinski definition) is 3. The SMILES string of the molecule is CCNCCC(=O)Nc1ccc(NC(=O)C(C)C)cc1. The number of amides is 2. The molecule has 0 aliphatic heterocycles. The first-order valence-corrected chi connectivity index (χ1v) is 6.94. The highest BCUT2D eigenvalue weighted by molar-refractivity contribution is 5.93. The van der Waals surface area contributed by atoms with Crippen molar-refractivity contribution in [2.45, 2.75) is 27.2 Å². The number of anilines is 2. The molecule has 0 unspecified atom stereocenters. The average molecular weight is 277 g/mol. The lowest BCUT2D eigenvalue weighted by Gasteiger charge is -2.09. The van der Waals surface area contributed by atoms with Crippen LogP contribution in [0.25, 0.3) is 0 Å². The monoisotopic (exact) mass is 277 g/mol. The van der Waals surface area contributed by atoms with Gasteiger partial charge in [0.1, 0.15) is 0 Å². The summed E-state index contributed by atoms with van der Waals surface area (Å²) < 4.78 is 0. The van der Waals surface area contributed by atoms with E-state index in [0.717, 1.165) is 17.9 Å². The van der Waals surface area contributed by atoms with Crippen molar-refractivity contribution in [3.05, 3.63) is 24.3 Å². The van der Waals surface area contributed by atoms with Gasteiger partial charge in [-0.15, -0.1) is 0 Å². The van der Waals surface area contributed by atoms with Crippen LogP contribution in [0.3, 0.4) is 0 Å². The highest BCUT2D eigenvalue weighted by Gasteiger charge is 2.07. The van der Waals surface area contributed by atoms with Crippen molar-refractivity contribution in [1.29, 1.82) is 0 Å². The lowest BCUT2D eigenvalue weighted by Crippen LogP contribution is -2.21. The van der Waals surface area contributed by atoms with Crippen LogP contribution in [0.15, 0.2) is 24.3 Å². The summed E-state index contributed by atoms with van der Waals surface area (Å²) in [5, 5.41) is 8.71. The maximum absolute atomic E-state index is 11.6. The summed E-state index contributed by atoms with van der Waals surface area (Å²) in [5.74, 6) is -0.0993. The van der Waals surface area contributed by atoms with Gasteiger partial charge in [-0.05, 0) is 30.8 Å². The molecule has 1 aromatic carbocycles. The number of nitrogens with one attached hydrogen (secondary N) is 3. The summed E-state index contributed by atoms with van der Waals surface area (Å²) in [6, 6.07) is 7.11. The van der Waals surface area contributed by atoms with Crippen LogP contribution in [0, 0.1) is 5.92 Å². The van der Waals surface area contributed by atoms with Gasteiger partial charge >= 0.3 is 0 Å². The molecule has 0 aliphatic carbocycles. The molecule has 0 aliphatic rings. The largest absolute Gasteiger partial charge is 0.326 e. The Morgan fingerprint density at radius 2 is 1.60 bits per heavy atom. The zero-order valence-electron chi connectivity index (χ0n) is 12.3. The van der Waals surface area contributed by atoms with Crippen LogP contribution in [0.1, 0.15) is 27.2 Å². The van der Waals surface area contributed by atoms with Crippen LogP contribution in [0.4, 0.5) is 11.4 Å². The van der Waals surface area contributed by atoms with E-state index in [-0.39, 0.29) is 17.7 Å². The van der Waals surface area contributed by atoms with Gasteiger partial charge in [0.2, 0.25) is 11.8 Å². The Morgan fingerprint density at radius 1 is 1.05 bits per heavy atom. The van der Waals surface area contributed by atoms with Crippen molar-refractivity contribution in [2.75, 3.05) is 23.7 Å². The maximum atomic E-state index is 11.6. The second-order valence-electron chi connectivity index (χ2n) is 4.87. The second-order valence-corrected chi connectivity index (χ2v) is 4.87. The average Bonchev–Trinajstić information content (AvgIpc) is 2.41. The van der Waals surface area contributed by atoms with E-state index in [9.17, 15) is 9.59 Å². The fourth-order valence-corrected chi connectivity index (χ4v) is 1.53. The fourth-order valence-electron chi connectivity index (χ4n) is 1.53. The van der Waals surface area contributed by atoms with Gasteiger partial charge in [-0.2, -0.15) is 0 Å². The molecule has 5 heteroatoms. The summed E-state index contributed by atoms with van der Waals surface area (Å²) in [6.45, 7) is 7.22. The lowest BCUT2D eigenvalue weighted by molar-refractivity contribution is -0.119. The molecular formula is C15H23N3O2. The summed E-state index contributed by atoms with van der Waals surface area (Å²) in [6.07, 6.45) is 0.444. The van der Waals surface area contributed by atoms with Gasteiger partial charge in [0.15, 0.2) is 0 Å². The smallest absolute Gasteiger partial charge is 0.226 e. The quantitative estimate of drug-likeness (QED) is 0.669. The molecule has 0 aromatic heterocycles. The standard InChI is InChI=1S/C15H23N3O2/c1-4-16-10-9-14(19)17-12-5-7-13(8-6-12)18-15(20)11(2)3/h5-8,11,16H,4,9-10H2,1-3H3,(H,17,19)(H,18,20). The van der Waals surface area contributed by atoms with Crippen molar-refractivity contribution in [1.82, 2.24) is 5.32 Å². The minimum atomic E-state index is -0.0551. The number of benzene rings is 1. The van der Waals surface area contributed by atoms with Gasteiger partial charge in [-0.1, -0.05) is 20.8 Å². The minimum Gasteiger partial charge on any atom is -0.326 e. The topological polar surface area (TPSA) is 70.2 Å². The second kappa shape index (κ2) is 8.32. The van der Waals surface area contributed by atoms with Crippen LogP contribution in [0.5, 0.6) is 0 Å². The van der Waals surface area contributed by atoms with Gasteiger partial charge in [-0.3, -0.25) is 9.59 Å². The summed E-state index contributed by atoms with van der Waals surface area (Å²) >= 11 is 0. The predicted molar refractivity (Wildman–Crippen MR) is 81.7 cm³/mol. The van der Waals surface area contributed by atoms with Crippen molar-refractivity contribution in [3.8, 4) is 0 Å². The van der Waals surface area contributed by atoms with Gasteiger partial charge in [0, 0.05) is 30.3 Å². The van der Waals surface area contributed by atoms with Crippen LogP contribution < -0.4 is 16.0 Å². The van der Waals surface area contributed by atoms with E-state index < -0.39 is 0 Å². The number of hydrogen-bond donors (Lipinski definition) is 3. The molecule has 0 atom stereocenters. The van der Waals surface area contributed by atoms with Gasteiger partial charge in [0.05, 0.1) is 0 Å². The van der Waals surface area contributed by atoms with Gasteiger partial charge in [0.25, 0.3) is 0 Å². The van der Waals surface area contributed by atoms with Crippen LogP contribution >= 0.6 is 0 Å². The summed E-state index contributed by atoms with van der Waals surface area (Å²) in [7, 11) is 0. The Morgan fingerprint density at radius 3 is 2.10 bits per heavy atom. The summed E-state index contributed by atoms with van der Waals surface area (Å²) in [4.78, 5) is 23.2. The first-order chi connectivity index (χ1) is 9.52. The molecule has 0 saturated heterocycles. The van der Waals surface area contributed by atoms with Crippen LogP contribution in [-0.4, -0.2) is 24.9 Å². The number of carbonyl (C=O) groups excluding carboxylic acids is 2. The normalized spacial score (nSPS) is 10.4. The molecule has 0 fully saturated rings. The molecule has 1 rings (SSSR count). The third-order valence-electron chi connectivity index (χ3n) is 2.74. The van der Waals surface area contributed by atoms with Crippen molar-refractivity contribution >= 4 is 23.2 Å². The Hall–Kier alpha value is -1.88. The van der Waals surface area contributed by atoms with Gasteiger partial charge in [-0.25, -0.2) is 0 Å². The van der Waals surface area contributed by atoms with Gasteiger partial charge < -0.3 is 16.0 Å². The third kappa shape index (κ3) is 5.84. The molecule has 110 valence electrons. The molecular weight excluding hydrogens is 254 g/mol. The third-order valence-corrected chi connectivity index (χ3v) is 2.74. The molecule has 5 nitrogen and oxygen atoms in total. The van der Waals surface area contributed by atoms with E-state index in [1.807, 2.05) is 20.8 Å². The van der Waals surface area contributed by atoms with E-state index in [4.69, 9.17) is 0 Å². The van der Waals surface area contributed by atoms with E-state index in [1.165, 1.54) is 0 Å². The molecule has 20 heavy (non-hydrogen) atoms. The Balaban J connectivity index is 2.46. The predicted octanol–water partition coefficient (Wildman–Crippen LogP) is 2.22. The molecule has 2 amide bonds. The van der Waals surface area contributed by atoms with Crippen LogP contribution in [0.2, 0.25) is 0 Å². The highest BCUT2D eigenvalue weighted by Crippen LogP contribution is 2.14. The maximum Gasteiger partial charge on any atom is 0.226 e. The first-order valence-electron chi connectivity index (χ1n) is 6.94. The molecule has 0 saturated carbocycles. The fraction of sp³-hybridized carbons (Fsp3) is 0.467. The van der Waals surface area contributed by atoms with Crippen molar-refractivity contribution < 1.29 is 9.59 Å². The molecule has 0 bridgehead atoms. The Labute approximate surface area is 120 Å². The van der Waals surface area contributed by atoms with E-state index in [2.05, 4.69) is 16.0 Å². The van der Waals surface area contributed by atoms with Crippen LogP contribution in [-0.2, 0) is 9.59 Å². The zero-order chi connectivity index (χ0) is 15.0. The molecule has 1 aromatic rings. The van der Waals surface area contributed by atoms with Crippen molar-refractivity contribution in [3.63, 3.8) is 0 Å². The molecule has 0 spiro atoms. The molecule has 0 heterocycles. The number of rotatable bonds is 7. The lowest BCUT2D eigenvalue weighted by atomic mass is 10.2. The Bertz CT molecular complexity index is 441. The van der Waals surface area contributed by atoms with Crippen molar-refractivity contribution in [2.24, 2.45) is 5.92 Å². The van der Waals surface area contributed by atoms with E-state index in [0.29, 0.717) is 13.0 Å². The van der Waals surface area contributed by atoms with E-state index in [1.54, 1.807) is 24.3 Å². The molecule has 3 N–H and O–H groups in total. The minimum absolute atomic E-state index is 0.0209. The Kier molecular flexibility index (Phi) is 6.73.